The molecule has 14 heavy (non-hydrogen) atoms. The van der Waals surface area contributed by atoms with Gasteiger partial charge in [-0.25, -0.2) is 0 Å². The van der Waals surface area contributed by atoms with Crippen LogP contribution in [-0.4, -0.2) is 6.04 Å². The lowest BCUT2D eigenvalue weighted by atomic mass is 9.77. The van der Waals surface area contributed by atoms with Crippen LogP contribution < -0.4 is 5.73 Å². The Balaban J connectivity index is 1.83. The highest BCUT2D eigenvalue weighted by Gasteiger charge is 2.25. The molecular formula is C13H25N. The van der Waals surface area contributed by atoms with E-state index in [1.54, 1.807) is 0 Å². The van der Waals surface area contributed by atoms with E-state index in [1.807, 2.05) is 0 Å². The maximum absolute atomic E-state index is 6.03. The Bertz CT molecular complexity index is 161. The van der Waals surface area contributed by atoms with Crippen LogP contribution in [0.15, 0.2) is 0 Å². The van der Waals surface area contributed by atoms with Crippen molar-refractivity contribution < 1.29 is 0 Å². The van der Waals surface area contributed by atoms with Crippen molar-refractivity contribution in [2.45, 2.75) is 70.3 Å². The summed E-state index contributed by atoms with van der Waals surface area (Å²) in [6, 6.07) is 0.517. The fraction of sp³-hybridized carbons (Fsp3) is 1.00. The predicted molar refractivity (Wildman–Crippen MR) is 61.1 cm³/mol. The first-order chi connectivity index (χ1) is 6.86. The molecule has 2 aliphatic carbocycles. The number of nitrogens with two attached hydrogens (primary N) is 1. The van der Waals surface area contributed by atoms with E-state index < -0.39 is 0 Å². The smallest absolute Gasteiger partial charge is 0.00389 e. The quantitative estimate of drug-likeness (QED) is 0.637. The fourth-order valence-electron chi connectivity index (χ4n) is 3.44. The highest BCUT2D eigenvalue weighted by atomic mass is 14.6. The SMILES string of the molecule is NC1CCC[C@H](C2CCCCC2)CC1. The van der Waals surface area contributed by atoms with Crippen molar-refractivity contribution in [3.63, 3.8) is 0 Å². The Morgan fingerprint density at radius 3 is 2.00 bits per heavy atom. The highest BCUT2D eigenvalue weighted by molar-refractivity contribution is 4.79. The van der Waals surface area contributed by atoms with Crippen molar-refractivity contribution in [2.75, 3.05) is 0 Å². The van der Waals surface area contributed by atoms with E-state index in [-0.39, 0.29) is 0 Å². The molecule has 2 rings (SSSR count). The van der Waals surface area contributed by atoms with Gasteiger partial charge in [-0.1, -0.05) is 44.9 Å². The van der Waals surface area contributed by atoms with E-state index in [1.165, 1.54) is 64.2 Å². The molecule has 2 fully saturated rings. The Labute approximate surface area is 88.4 Å². The maximum atomic E-state index is 6.03. The van der Waals surface area contributed by atoms with Crippen LogP contribution in [-0.2, 0) is 0 Å². The first-order valence-corrected chi connectivity index (χ1v) is 6.62. The molecule has 0 saturated heterocycles. The highest BCUT2D eigenvalue weighted by Crippen LogP contribution is 2.37. The van der Waals surface area contributed by atoms with Crippen LogP contribution in [0, 0.1) is 11.8 Å². The van der Waals surface area contributed by atoms with E-state index >= 15 is 0 Å². The molecule has 0 amide bonds. The summed E-state index contributed by atoms with van der Waals surface area (Å²) in [5.41, 5.74) is 6.03. The monoisotopic (exact) mass is 195 g/mol. The first-order valence-electron chi connectivity index (χ1n) is 6.62. The summed E-state index contributed by atoms with van der Waals surface area (Å²) in [6.45, 7) is 0. The summed E-state index contributed by atoms with van der Waals surface area (Å²) in [7, 11) is 0. The molecule has 1 heteroatoms. The Morgan fingerprint density at radius 2 is 1.21 bits per heavy atom. The second-order valence-corrected chi connectivity index (χ2v) is 5.43. The van der Waals surface area contributed by atoms with Gasteiger partial charge in [-0.05, 0) is 31.1 Å². The minimum Gasteiger partial charge on any atom is -0.328 e. The van der Waals surface area contributed by atoms with Gasteiger partial charge in [0.25, 0.3) is 0 Å². The van der Waals surface area contributed by atoms with Gasteiger partial charge in [-0.3, -0.25) is 0 Å². The van der Waals surface area contributed by atoms with Crippen molar-refractivity contribution in [3.05, 3.63) is 0 Å². The second-order valence-electron chi connectivity index (χ2n) is 5.43. The molecule has 2 saturated carbocycles. The zero-order valence-corrected chi connectivity index (χ0v) is 9.38. The van der Waals surface area contributed by atoms with Gasteiger partial charge in [-0.15, -0.1) is 0 Å². The second kappa shape index (κ2) is 5.16. The molecule has 82 valence electrons. The standard InChI is InChI=1S/C13H25N/c14-13-8-4-7-12(9-10-13)11-5-2-1-3-6-11/h11-13H,1-10,14H2/t12-,13?/m0/s1. The average molecular weight is 195 g/mol. The van der Waals surface area contributed by atoms with E-state index in [0.29, 0.717) is 6.04 Å². The third-order valence-electron chi connectivity index (χ3n) is 4.37. The first kappa shape index (κ1) is 10.5. The molecule has 2 N–H and O–H groups in total. The number of hydrogen-bond acceptors (Lipinski definition) is 1. The van der Waals surface area contributed by atoms with E-state index in [0.717, 1.165) is 11.8 Å². The summed E-state index contributed by atoms with van der Waals surface area (Å²) in [5.74, 6) is 2.10. The Hall–Kier alpha value is -0.0400. The molecule has 0 radical (unpaired) electrons. The molecule has 1 unspecified atom stereocenters. The molecule has 2 atom stereocenters. The lowest BCUT2D eigenvalue weighted by molar-refractivity contribution is 0.226. The molecule has 1 nitrogen and oxygen atoms in total. The van der Waals surface area contributed by atoms with Crippen LogP contribution >= 0.6 is 0 Å². The van der Waals surface area contributed by atoms with Crippen molar-refractivity contribution in [2.24, 2.45) is 17.6 Å². The van der Waals surface area contributed by atoms with Gasteiger partial charge in [0.2, 0.25) is 0 Å². The van der Waals surface area contributed by atoms with Crippen molar-refractivity contribution in [3.8, 4) is 0 Å². The van der Waals surface area contributed by atoms with Gasteiger partial charge >= 0.3 is 0 Å². The summed E-state index contributed by atoms with van der Waals surface area (Å²) in [4.78, 5) is 0. The molecule has 0 aromatic heterocycles. The number of rotatable bonds is 1. The zero-order chi connectivity index (χ0) is 9.80. The summed E-state index contributed by atoms with van der Waals surface area (Å²) in [5, 5.41) is 0. The lowest BCUT2D eigenvalue weighted by Crippen LogP contribution is -2.20. The van der Waals surface area contributed by atoms with Gasteiger partial charge in [0.05, 0.1) is 0 Å². The van der Waals surface area contributed by atoms with Crippen LogP contribution in [0.2, 0.25) is 0 Å². The third kappa shape index (κ3) is 2.73. The summed E-state index contributed by atoms with van der Waals surface area (Å²) < 4.78 is 0. The van der Waals surface area contributed by atoms with Gasteiger partial charge in [0, 0.05) is 6.04 Å². The van der Waals surface area contributed by atoms with Crippen LogP contribution in [0.5, 0.6) is 0 Å². The zero-order valence-electron chi connectivity index (χ0n) is 9.38. The molecule has 0 aliphatic heterocycles. The van der Waals surface area contributed by atoms with Crippen molar-refractivity contribution >= 4 is 0 Å². The lowest BCUT2D eigenvalue weighted by Gasteiger charge is -2.29. The van der Waals surface area contributed by atoms with Crippen LogP contribution in [0.4, 0.5) is 0 Å². The van der Waals surface area contributed by atoms with Gasteiger partial charge in [-0.2, -0.15) is 0 Å². The minimum absolute atomic E-state index is 0.517. The van der Waals surface area contributed by atoms with Gasteiger partial charge < -0.3 is 5.73 Å². The Kier molecular flexibility index (Phi) is 3.86. The fourth-order valence-corrected chi connectivity index (χ4v) is 3.44. The van der Waals surface area contributed by atoms with E-state index in [2.05, 4.69) is 0 Å². The number of hydrogen-bond donors (Lipinski definition) is 1. The molecule has 0 aromatic carbocycles. The van der Waals surface area contributed by atoms with Crippen LogP contribution in [0.25, 0.3) is 0 Å². The van der Waals surface area contributed by atoms with Gasteiger partial charge in [0.1, 0.15) is 0 Å². The predicted octanol–water partition coefficient (Wildman–Crippen LogP) is 3.47. The molecule has 2 aliphatic rings. The maximum Gasteiger partial charge on any atom is 0.00389 e. The molecular weight excluding hydrogens is 170 g/mol. The minimum atomic E-state index is 0.517. The van der Waals surface area contributed by atoms with E-state index in [9.17, 15) is 0 Å². The largest absolute Gasteiger partial charge is 0.328 e. The summed E-state index contributed by atoms with van der Waals surface area (Å²) in [6.07, 6.45) is 14.4. The topological polar surface area (TPSA) is 26.0 Å². The van der Waals surface area contributed by atoms with Crippen LogP contribution in [0.1, 0.15) is 64.2 Å². The van der Waals surface area contributed by atoms with Crippen LogP contribution in [0.3, 0.4) is 0 Å². The van der Waals surface area contributed by atoms with Gasteiger partial charge in [0.15, 0.2) is 0 Å². The molecule has 0 heterocycles. The summed E-state index contributed by atoms with van der Waals surface area (Å²) >= 11 is 0. The molecule has 0 bridgehead atoms. The van der Waals surface area contributed by atoms with Crippen molar-refractivity contribution in [1.29, 1.82) is 0 Å². The average Bonchev–Trinajstić information content (AvgIpc) is 2.44. The van der Waals surface area contributed by atoms with Crippen molar-refractivity contribution in [1.82, 2.24) is 0 Å². The third-order valence-corrected chi connectivity index (χ3v) is 4.37. The normalized spacial score (nSPS) is 36.6. The Morgan fingerprint density at radius 1 is 0.571 bits per heavy atom. The van der Waals surface area contributed by atoms with E-state index in [4.69, 9.17) is 5.73 Å². The molecule has 0 aromatic rings. The molecule has 0 spiro atoms.